The third-order valence-corrected chi connectivity index (χ3v) is 5.17. The van der Waals surface area contributed by atoms with Gasteiger partial charge in [-0.05, 0) is 31.4 Å². The van der Waals surface area contributed by atoms with Crippen molar-refractivity contribution in [2.24, 2.45) is 0 Å². The molecular weight excluding hydrogens is 306 g/mol. The van der Waals surface area contributed by atoms with Crippen molar-refractivity contribution in [2.75, 3.05) is 13.1 Å². The van der Waals surface area contributed by atoms with Crippen LogP contribution in [0.2, 0.25) is 0 Å². The molecule has 5 heteroatoms. The van der Waals surface area contributed by atoms with Gasteiger partial charge in [0.15, 0.2) is 0 Å². The minimum absolute atomic E-state index is 0.230. The second-order valence-corrected chi connectivity index (χ2v) is 6.97. The molecule has 0 aliphatic carbocycles. The van der Waals surface area contributed by atoms with E-state index in [2.05, 4.69) is 9.97 Å². The van der Waals surface area contributed by atoms with Crippen LogP contribution in [0.1, 0.15) is 42.1 Å². The number of carbonyl (C=O) groups is 1. The number of pyridine rings is 1. The maximum atomic E-state index is 12.4. The first-order chi connectivity index (χ1) is 11.3. The topological polar surface area (TPSA) is 46.1 Å². The van der Waals surface area contributed by atoms with Crippen molar-refractivity contribution in [3.8, 4) is 0 Å². The van der Waals surface area contributed by atoms with Crippen LogP contribution in [-0.2, 0) is 24.1 Å². The lowest BCUT2D eigenvalue weighted by Crippen LogP contribution is -2.33. The van der Waals surface area contributed by atoms with E-state index in [1.54, 1.807) is 11.3 Å². The third-order valence-electron chi connectivity index (χ3n) is 4.21. The van der Waals surface area contributed by atoms with Gasteiger partial charge in [0, 0.05) is 36.8 Å². The molecule has 0 unspecified atom stereocenters. The molecule has 122 valence electrons. The zero-order valence-electron chi connectivity index (χ0n) is 13.4. The van der Waals surface area contributed by atoms with Crippen LogP contribution in [0.3, 0.4) is 0 Å². The molecule has 2 aromatic rings. The summed E-state index contributed by atoms with van der Waals surface area (Å²) in [7, 11) is 0. The van der Waals surface area contributed by atoms with Gasteiger partial charge in [-0.2, -0.15) is 0 Å². The predicted octanol–water partition coefficient (Wildman–Crippen LogP) is 3.27. The van der Waals surface area contributed by atoms with Gasteiger partial charge >= 0.3 is 0 Å². The molecule has 2 aromatic heterocycles. The molecule has 3 rings (SSSR count). The van der Waals surface area contributed by atoms with E-state index in [1.165, 1.54) is 12.8 Å². The second kappa shape index (κ2) is 8.20. The molecule has 1 saturated heterocycles. The minimum Gasteiger partial charge on any atom is -0.342 e. The SMILES string of the molecule is O=C(Cc1csc(CCc2ccccn2)n1)N1CCCCCC1. The van der Waals surface area contributed by atoms with Crippen LogP contribution in [-0.4, -0.2) is 33.9 Å². The van der Waals surface area contributed by atoms with Crippen molar-refractivity contribution in [3.63, 3.8) is 0 Å². The zero-order chi connectivity index (χ0) is 15.9. The molecule has 1 aliphatic heterocycles. The van der Waals surface area contributed by atoms with Crippen LogP contribution < -0.4 is 0 Å². The fourth-order valence-corrected chi connectivity index (χ4v) is 3.71. The van der Waals surface area contributed by atoms with Crippen LogP contribution in [0.15, 0.2) is 29.8 Å². The molecule has 1 fully saturated rings. The maximum Gasteiger partial charge on any atom is 0.228 e. The minimum atomic E-state index is 0.230. The molecule has 0 N–H and O–H groups in total. The summed E-state index contributed by atoms with van der Waals surface area (Å²) < 4.78 is 0. The average Bonchev–Trinajstić information content (AvgIpc) is 2.84. The number of aryl methyl sites for hydroxylation is 2. The number of carbonyl (C=O) groups excluding carboxylic acids is 1. The summed E-state index contributed by atoms with van der Waals surface area (Å²) in [5.74, 6) is 0.230. The number of rotatable bonds is 5. The molecule has 0 radical (unpaired) electrons. The van der Waals surface area contributed by atoms with Crippen LogP contribution in [0.4, 0.5) is 0 Å². The van der Waals surface area contributed by atoms with Gasteiger partial charge in [0.05, 0.1) is 17.1 Å². The zero-order valence-corrected chi connectivity index (χ0v) is 14.2. The van der Waals surface area contributed by atoms with Crippen molar-refractivity contribution < 1.29 is 4.79 Å². The van der Waals surface area contributed by atoms with Gasteiger partial charge in [-0.3, -0.25) is 9.78 Å². The molecule has 1 amide bonds. The van der Waals surface area contributed by atoms with E-state index in [-0.39, 0.29) is 5.91 Å². The van der Waals surface area contributed by atoms with Gasteiger partial charge in [0.2, 0.25) is 5.91 Å². The monoisotopic (exact) mass is 329 g/mol. The second-order valence-electron chi connectivity index (χ2n) is 6.03. The smallest absolute Gasteiger partial charge is 0.228 e. The molecule has 4 nitrogen and oxygen atoms in total. The Morgan fingerprint density at radius 2 is 1.91 bits per heavy atom. The van der Waals surface area contributed by atoms with Crippen LogP contribution in [0, 0.1) is 0 Å². The first kappa shape index (κ1) is 16.1. The van der Waals surface area contributed by atoms with Crippen molar-refractivity contribution >= 4 is 17.2 Å². The summed E-state index contributed by atoms with van der Waals surface area (Å²) in [4.78, 5) is 23.4. The van der Waals surface area contributed by atoms with E-state index in [0.717, 1.165) is 55.2 Å². The van der Waals surface area contributed by atoms with Crippen LogP contribution in [0.5, 0.6) is 0 Å². The first-order valence-corrected chi connectivity index (χ1v) is 9.30. The number of likely N-dealkylation sites (tertiary alicyclic amines) is 1. The van der Waals surface area contributed by atoms with Gasteiger partial charge in [-0.1, -0.05) is 18.9 Å². The van der Waals surface area contributed by atoms with Crippen molar-refractivity contribution in [1.82, 2.24) is 14.9 Å². The number of hydrogen-bond donors (Lipinski definition) is 0. The van der Waals surface area contributed by atoms with Crippen molar-refractivity contribution in [2.45, 2.75) is 44.9 Å². The quantitative estimate of drug-likeness (QED) is 0.846. The van der Waals surface area contributed by atoms with E-state index >= 15 is 0 Å². The van der Waals surface area contributed by atoms with E-state index in [0.29, 0.717) is 6.42 Å². The molecular formula is C18H23N3OS. The lowest BCUT2D eigenvalue weighted by molar-refractivity contribution is -0.130. The van der Waals surface area contributed by atoms with Gasteiger partial charge in [0.25, 0.3) is 0 Å². The van der Waals surface area contributed by atoms with Gasteiger partial charge in [-0.25, -0.2) is 4.98 Å². The van der Waals surface area contributed by atoms with E-state index in [1.807, 2.05) is 34.7 Å². The number of amides is 1. The Hall–Kier alpha value is -1.75. The lowest BCUT2D eigenvalue weighted by atomic mass is 10.2. The summed E-state index contributed by atoms with van der Waals surface area (Å²) in [5.41, 5.74) is 2.00. The largest absolute Gasteiger partial charge is 0.342 e. The van der Waals surface area contributed by atoms with Crippen LogP contribution in [0.25, 0.3) is 0 Å². The Balaban J connectivity index is 1.51. The molecule has 0 atom stereocenters. The summed E-state index contributed by atoms with van der Waals surface area (Å²) in [5, 5.41) is 3.12. The standard InChI is InChI=1S/C18H23N3OS/c22-18(21-11-5-1-2-6-12-21)13-16-14-23-17(20-16)9-8-15-7-3-4-10-19-15/h3-4,7,10,14H,1-2,5-6,8-9,11-13H2. The number of aromatic nitrogens is 2. The number of hydrogen-bond acceptors (Lipinski definition) is 4. The van der Waals surface area contributed by atoms with Crippen molar-refractivity contribution in [3.05, 3.63) is 46.2 Å². The summed E-state index contributed by atoms with van der Waals surface area (Å²) >= 11 is 1.65. The first-order valence-electron chi connectivity index (χ1n) is 8.42. The maximum absolute atomic E-state index is 12.4. The number of nitrogens with zero attached hydrogens (tertiary/aromatic N) is 3. The highest BCUT2D eigenvalue weighted by Gasteiger charge is 2.17. The van der Waals surface area contributed by atoms with Gasteiger partial charge < -0.3 is 4.90 Å². The van der Waals surface area contributed by atoms with Gasteiger partial charge in [0.1, 0.15) is 0 Å². The molecule has 1 aliphatic rings. The molecule has 23 heavy (non-hydrogen) atoms. The van der Waals surface area contributed by atoms with Gasteiger partial charge in [-0.15, -0.1) is 11.3 Å². The highest BCUT2D eigenvalue weighted by atomic mass is 32.1. The Morgan fingerprint density at radius 1 is 1.09 bits per heavy atom. The molecule has 0 spiro atoms. The highest BCUT2D eigenvalue weighted by molar-refractivity contribution is 7.09. The Labute approximate surface area is 141 Å². The fraction of sp³-hybridized carbons (Fsp3) is 0.500. The molecule has 0 saturated carbocycles. The molecule has 3 heterocycles. The molecule has 0 bridgehead atoms. The number of thiazole rings is 1. The van der Waals surface area contributed by atoms with Crippen LogP contribution >= 0.6 is 11.3 Å². The summed E-state index contributed by atoms with van der Waals surface area (Å²) in [6.07, 6.45) is 8.82. The fourth-order valence-electron chi connectivity index (χ4n) is 2.91. The third kappa shape index (κ3) is 4.86. The Morgan fingerprint density at radius 3 is 2.65 bits per heavy atom. The Kier molecular flexibility index (Phi) is 5.75. The highest BCUT2D eigenvalue weighted by Crippen LogP contribution is 2.15. The van der Waals surface area contributed by atoms with Crippen molar-refractivity contribution in [1.29, 1.82) is 0 Å². The Bertz CT molecular complexity index is 618. The summed E-state index contributed by atoms with van der Waals surface area (Å²) in [6, 6.07) is 5.98. The summed E-state index contributed by atoms with van der Waals surface area (Å²) in [6.45, 7) is 1.82. The van der Waals surface area contributed by atoms with E-state index < -0.39 is 0 Å². The predicted molar refractivity (Wildman–Crippen MR) is 92.5 cm³/mol. The molecule has 0 aromatic carbocycles. The van der Waals surface area contributed by atoms with E-state index in [4.69, 9.17) is 0 Å². The van der Waals surface area contributed by atoms with E-state index in [9.17, 15) is 4.79 Å². The average molecular weight is 329 g/mol. The lowest BCUT2D eigenvalue weighted by Gasteiger charge is -2.19. The normalized spacial score (nSPS) is 15.4.